The van der Waals surface area contributed by atoms with E-state index in [4.69, 9.17) is 9.47 Å². The molecule has 0 bridgehead atoms. The van der Waals surface area contributed by atoms with E-state index >= 15 is 0 Å². The highest BCUT2D eigenvalue weighted by Gasteiger charge is 2.41. The summed E-state index contributed by atoms with van der Waals surface area (Å²) in [6, 6.07) is 1.78. The van der Waals surface area contributed by atoms with Crippen LogP contribution in [0.1, 0.15) is 24.4 Å². The Hall–Kier alpha value is -1.87. The van der Waals surface area contributed by atoms with Crippen molar-refractivity contribution in [2.45, 2.75) is 31.7 Å². The lowest BCUT2D eigenvalue weighted by Crippen LogP contribution is -2.45. The summed E-state index contributed by atoms with van der Waals surface area (Å²) in [5, 5.41) is 0.602. The van der Waals surface area contributed by atoms with Gasteiger partial charge >= 0.3 is 6.18 Å². The average molecular weight is 342 g/mol. The van der Waals surface area contributed by atoms with E-state index < -0.39 is 17.8 Å². The van der Waals surface area contributed by atoms with Gasteiger partial charge in [-0.3, -0.25) is 0 Å². The van der Waals surface area contributed by atoms with E-state index in [1.54, 1.807) is 13.0 Å². The van der Waals surface area contributed by atoms with E-state index in [1.165, 1.54) is 0 Å². The maximum Gasteiger partial charge on any atom is 0.451 e. The monoisotopic (exact) mass is 342 g/mol. The molecule has 0 unspecified atom stereocenters. The van der Waals surface area contributed by atoms with E-state index in [9.17, 15) is 13.2 Å². The molecule has 1 N–H and O–H groups in total. The Balaban J connectivity index is 1.70. The lowest BCUT2D eigenvalue weighted by atomic mass is 10.0. The third kappa shape index (κ3) is 2.61. The zero-order valence-corrected chi connectivity index (χ0v) is 13.1. The van der Waals surface area contributed by atoms with Gasteiger partial charge in [0.1, 0.15) is 11.5 Å². The Morgan fingerprint density at radius 1 is 1.17 bits per heavy atom. The van der Waals surface area contributed by atoms with Crippen LogP contribution < -0.4 is 4.90 Å². The number of nitrogens with one attached hydrogen (secondary N) is 1. The summed E-state index contributed by atoms with van der Waals surface area (Å²) in [5.74, 6) is -1.39. The number of aromatic amines is 1. The lowest BCUT2D eigenvalue weighted by molar-refractivity contribution is -0.169. The fraction of sp³-hybridized carbons (Fsp3) is 0.600. The second kappa shape index (κ2) is 5.32. The first kappa shape index (κ1) is 15.6. The van der Waals surface area contributed by atoms with E-state index in [1.807, 2.05) is 4.90 Å². The van der Waals surface area contributed by atoms with Gasteiger partial charge in [-0.25, -0.2) is 9.97 Å². The number of aryl methyl sites for hydroxylation is 1. The quantitative estimate of drug-likeness (QED) is 0.863. The number of alkyl halides is 3. The number of aromatic nitrogens is 3. The molecule has 4 heterocycles. The highest BCUT2D eigenvalue weighted by Crippen LogP contribution is 2.36. The SMILES string of the molecule is Cc1cc2c(N3CCC4(CC3)OCCO4)nc(C(F)(F)F)nc2[nH]1. The molecule has 0 atom stereocenters. The minimum absolute atomic E-state index is 0.207. The average Bonchev–Trinajstić information content (AvgIpc) is 3.12. The van der Waals surface area contributed by atoms with Crippen molar-refractivity contribution in [1.82, 2.24) is 15.0 Å². The van der Waals surface area contributed by atoms with Crippen molar-refractivity contribution < 1.29 is 22.6 Å². The Morgan fingerprint density at radius 3 is 2.46 bits per heavy atom. The van der Waals surface area contributed by atoms with Gasteiger partial charge in [-0.2, -0.15) is 13.2 Å². The van der Waals surface area contributed by atoms with Crippen molar-refractivity contribution in [1.29, 1.82) is 0 Å². The number of nitrogens with zero attached hydrogens (tertiary/aromatic N) is 3. The van der Waals surface area contributed by atoms with Crippen LogP contribution in [0.25, 0.3) is 11.0 Å². The summed E-state index contributed by atoms with van der Waals surface area (Å²) in [6.45, 7) is 3.95. The third-order valence-corrected chi connectivity index (χ3v) is 4.49. The number of anilines is 1. The van der Waals surface area contributed by atoms with Crippen LogP contribution in [0, 0.1) is 6.92 Å². The van der Waals surface area contributed by atoms with Crippen LogP contribution in [-0.2, 0) is 15.7 Å². The van der Waals surface area contributed by atoms with Crippen molar-refractivity contribution in [3.8, 4) is 0 Å². The second-order valence-electron chi connectivity index (χ2n) is 6.18. The molecule has 0 amide bonds. The molecule has 0 aliphatic carbocycles. The molecule has 2 saturated heterocycles. The summed E-state index contributed by atoms with van der Waals surface area (Å²) < 4.78 is 50.7. The molecule has 0 radical (unpaired) electrons. The smallest absolute Gasteiger partial charge is 0.356 e. The van der Waals surface area contributed by atoms with Crippen molar-refractivity contribution >= 4 is 16.9 Å². The first-order chi connectivity index (χ1) is 11.4. The topological polar surface area (TPSA) is 63.3 Å². The first-order valence-electron chi connectivity index (χ1n) is 7.84. The normalized spacial score (nSPS) is 21.1. The molecule has 2 aliphatic heterocycles. The van der Waals surface area contributed by atoms with Crippen molar-refractivity contribution in [3.05, 3.63) is 17.6 Å². The van der Waals surface area contributed by atoms with Crippen molar-refractivity contribution in [3.63, 3.8) is 0 Å². The van der Waals surface area contributed by atoms with Gasteiger partial charge in [0.25, 0.3) is 0 Å². The van der Waals surface area contributed by atoms with Crippen LogP contribution in [0.3, 0.4) is 0 Å². The molecule has 0 saturated carbocycles. The Labute approximate surface area is 136 Å². The largest absolute Gasteiger partial charge is 0.451 e. The number of H-pyrrole nitrogens is 1. The van der Waals surface area contributed by atoms with Crippen molar-refractivity contribution in [2.24, 2.45) is 0 Å². The van der Waals surface area contributed by atoms with Crippen LogP contribution in [0.5, 0.6) is 0 Å². The molecule has 2 aromatic rings. The Morgan fingerprint density at radius 2 is 1.83 bits per heavy atom. The molecule has 2 aromatic heterocycles. The highest BCUT2D eigenvalue weighted by atomic mass is 19.4. The van der Waals surface area contributed by atoms with Crippen LogP contribution in [0.2, 0.25) is 0 Å². The van der Waals surface area contributed by atoms with Gasteiger partial charge in [-0.1, -0.05) is 0 Å². The number of ether oxygens (including phenoxy) is 2. The highest BCUT2D eigenvalue weighted by molar-refractivity contribution is 5.88. The van der Waals surface area contributed by atoms with E-state index in [0.717, 1.165) is 5.69 Å². The fourth-order valence-electron chi connectivity index (χ4n) is 3.34. The van der Waals surface area contributed by atoms with Crippen LogP contribution >= 0.6 is 0 Å². The van der Waals surface area contributed by atoms with E-state index in [2.05, 4.69) is 15.0 Å². The van der Waals surface area contributed by atoms with Crippen LogP contribution in [0.4, 0.5) is 19.0 Å². The molecule has 130 valence electrons. The van der Waals surface area contributed by atoms with Gasteiger partial charge < -0.3 is 19.4 Å². The van der Waals surface area contributed by atoms with E-state index in [0.29, 0.717) is 50.3 Å². The zero-order valence-electron chi connectivity index (χ0n) is 13.1. The lowest BCUT2D eigenvalue weighted by Gasteiger charge is -2.38. The molecule has 2 fully saturated rings. The summed E-state index contributed by atoms with van der Waals surface area (Å²) in [4.78, 5) is 12.2. The number of halogens is 3. The summed E-state index contributed by atoms with van der Waals surface area (Å²) in [6.07, 6.45) is -3.39. The van der Waals surface area contributed by atoms with Crippen LogP contribution in [0.15, 0.2) is 6.07 Å². The van der Waals surface area contributed by atoms with Gasteiger partial charge in [0.15, 0.2) is 5.79 Å². The predicted molar refractivity (Wildman–Crippen MR) is 79.7 cm³/mol. The minimum Gasteiger partial charge on any atom is -0.356 e. The standard InChI is InChI=1S/C15H17F3N4O2/c1-9-8-10-11(19-9)20-13(15(16,17)18)21-12(10)22-4-2-14(3-5-22)23-6-7-24-14/h8H,2-7H2,1H3,(H,19,20,21). The van der Waals surface area contributed by atoms with Crippen LogP contribution in [-0.4, -0.2) is 47.0 Å². The van der Waals surface area contributed by atoms with Gasteiger partial charge in [0, 0.05) is 31.6 Å². The first-order valence-corrected chi connectivity index (χ1v) is 7.84. The third-order valence-electron chi connectivity index (χ3n) is 4.49. The Kier molecular flexibility index (Phi) is 3.47. The molecular weight excluding hydrogens is 325 g/mol. The number of hydrogen-bond acceptors (Lipinski definition) is 5. The maximum atomic E-state index is 13.1. The molecule has 1 spiro atoms. The van der Waals surface area contributed by atoms with Gasteiger partial charge in [0.2, 0.25) is 5.82 Å². The molecule has 24 heavy (non-hydrogen) atoms. The zero-order chi connectivity index (χ0) is 16.9. The van der Waals surface area contributed by atoms with Gasteiger partial charge in [-0.15, -0.1) is 0 Å². The van der Waals surface area contributed by atoms with E-state index in [-0.39, 0.29) is 5.65 Å². The fourth-order valence-corrected chi connectivity index (χ4v) is 3.34. The molecule has 2 aliphatic rings. The summed E-state index contributed by atoms with van der Waals surface area (Å²) in [5.41, 5.74) is 0.953. The number of piperidine rings is 1. The Bertz CT molecular complexity index is 758. The second-order valence-corrected chi connectivity index (χ2v) is 6.18. The molecule has 4 rings (SSSR count). The minimum atomic E-state index is -4.59. The summed E-state index contributed by atoms with van der Waals surface area (Å²) >= 11 is 0. The maximum absolute atomic E-state index is 13.1. The van der Waals surface area contributed by atoms with Gasteiger partial charge in [0.05, 0.1) is 18.6 Å². The molecule has 9 heteroatoms. The number of rotatable bonds is 1. The van der Waals surface area contributed by atoms with Crippen molar-refractivity contribution in [2.75, 3.05) is 31.2 Å². The molecule has 0 aromatic carbocycles. The number of hydrogen-bond donors (Lipinski definition) is 1. The number of fused-ring (bicyclic) bond motifs is 1. The van der Waals surface area contributed by atoms with Gasteiger partial charge in [-0.05, 0) is 13.0 Å². The predicted octanol–water partition coefficient (Wildman–Crippen LogP) is 2.63. The summed E-state index contributed by atoms with van der Waals surface area (Å²) in [7, 11) is 0. The molecular formula is C15H17F3N4O2. The molecule has 6 nitrogen and oxygen atoms in total.